The molecule has 124 valence electrons. The summed E-state index contributed by atoms with van der Waals surface area (Å²) < 4.78 is 11.3. The van der Waals surface area contributed by atoms with Gasteiger partial charge < -0.3 is 19.6 Å². The van der Waals surface area contributed by atoms with Crippen LogP contribution in [-0.4, -0.2) is 42.9 Å². The van der Waals surface area contributed by atoms with E-state index < -0.39 is 0 Å². The molecule has 1 aromatic carbocycles. The lowest BCUT2D eigenvalue weighted by Crippen LogP contribution is -2.42. The molecule has 0 amide bonds. The Labute approximate surface area is 136 Å². The summed E-state index contributed by atoms with van der Waals surface area (Å²) in [6.45, 7) is 6.85. The van der Waals surface area contributed by atoms with Crippen LogP contribution in [0.1, 0.15) is 23.1 Å². The Bertz CT molecular complexity index is 620. The first-order chi connectivity index (χ1) is 11.2. The lowest BCUT2D eigenvalue weighted by atomic mass is 10.1. The van der Waals surface area contributed by atoms with Gasteiger partial charge in [0.1, 0.15) is 17.3 Å². The van der Waals surface area contributed by atoms with Crippen LogP contribution in [0.3, 0.4) is 0 Å². The number of ether oxygens (including phenoxy) is 1. The average molecular weight is 316 g/mol. The molecule has 2 N–H and O–H groups in total. The van der Waals surface area contributed by atoms with Crippen molar-refractivity contribution >= 4 is 0 Å². The topological polar surface area (TPSA) is 57.9 Å². The summed E-state index contributed by atoms with van der Waals surface area (Å²) in [5.74, 6) is 2.23. The van der Waals surface area contributed by atoms with Crippen molar-refractivity contribution in [3.05, 3.63) is 53.5 Å². The van der Waals surface area contributed by atoms with Gasteiger partial charge in [-0.3, -0.25) is 4.90 Å². The van der Waals surface area contributed by atoms with Crippen LogP contribution in [-0.2, 0) is 11.3 Å². The van der Waals surface area contributed by atoms with Crippen LogP contribution in [0.2, 0.25) is 0 Å². The second kappa shape index (κ2) is 7.64. The van der Waals surface area contributed by atoms with Crippen LogP contribution in [0, 0.1) is 6.92 Å². The van der Waals surface area contributed by atoms with E-state index in [4.69, 9.17) is 9.15 Å². The van der Waals surface area contributed by atoms with Crippen LogP contribution in [0.25, 0.3) is 0 Å². The largest absolute Gasteiger partial charge is 0.508 e. The smallest absolute Gasteiger partial charge is 0.122 e. The number of hydrogen-bond donors (Lipinski definition) is 2. The normalized spacial score (nSPS) is 17.3. The molecule has 0 unspecified atom stereocenters. The van der Waals surface area contributed by atoms with Crippen molar-refractivity contribution in [3.8, 4) is 5.75 Å². The molecule has 5 nitrogen and oxygen atoms in total. The summed E-state index contributed by atoms with van der Waals surface area (Å²) in [7, 11) is 0. The fourth-order valence-electron chi connectivity index (χ4n) is 2.95. The second-order valence-corrected chi connectivity index (χ2v) is 5.91. The van der Waals surface area contributed by atoms with E-state index in [1.54, 1.807) is 12.1 Å². The Morgan fingerprint density at radius 3 is 2.74 bits per heavy atom. The third-order valence-corrected chi connectivity index (χ3v) is 4.15. The third kappa shape index (κ3) is 4.34. The van der Waals surface area contributed by atoms with Gasteiger partial charge in [-0.05, 0) is 36.8 Å². The number of nitrogens with zero attached hydrogens (tertiary/aromatic N) is 1. The average Bonchev–Trinajstić information content (AvgIpc) is 2.99. The predicted octanol–water partition coefficient (Wildman–Crippen LogP) is 2.46. The molecular weight excluding hydrogens is 292 g/mol. The van der Waals surface area contributed by atoms with Gasteiger partial charge in [-0.2, -0.15) is 0 Å². The Morgan fingerprint density at radius 1 is 1.22 bits per heavy atom. The number of nitrogens with one attached hydrogen (secondary N) is 1. The fourth-order valence-corrected chi connectivity index (χ4v) is 2.95. The van der Waals surface area contributed by atoms with E-state index in [-0.39, 0.29) is 6.04 Å². The van der Waals surface area contributed by atoms with Crippen molar-refractivity contribution < 1.29 is 14.3 Å². The number of phenolic OH excluding ortho intramolecular Hbond substituents is 1. The minimum absolute atomic E-state index is 0.199. The zero-order chi connectivity index (χ0) is 16.1. The minimum atomic E-state index is 0.199. The van der Waals surface area contributed by atoms with E-state index in [0.717, 1.165) is 56.5 Å². The zero-order valence-electron chi connectivity index (χ0n) is 13.5. The van der Waals surface area contributed by atoms with Gasteiger partial charge in [-0.1, -0.05) is 12.1 Å². The summed E-state index contributed by atoms with van der Waals surface area (Å²) in [6, 6.07) is 11.6. The molecule has 0 bridgehead atoms. The van der Waals surface area contributed by atoms with Crippen LogP contribution in [0.5, 0.6) is 5.75 Å². The highest BCUT2D eigenvalue weighted by molar-refractivity contribution is 5.27. The maximum atomic E-state index is 9.54. The molecule has 0 saturated carbocycles. The van der Waals surface area contributed by atoms with Gasteiger partial charge in [0.05, 0.1) is 19.3 Å². The van der Waals surface area contributed by atoms with Gasteiger partial charge >= 0.3 is 0 Å². The van der Waals surface area contributed by atoms with E-state index in [2.05, 4.69) is 16.3 Å². The Balaban J connectivity index is 1.63. The molecule has 5 heteroatoms. The van der Waals surface area contributed by atoms with E-state index in [9.17, 15) is 5.11 Å². The molecule has 1 saturated heterocycles. The molecule has 0 spiro atoms. The van der Waals surface area contributed by atoms with Crippen molar-refractivity contribution in [1.29, 1.82) is 0 Å². The third-order valence-electron chi connectivity index (χ3n) is 4.15. The summed E-state index contributed by atoms with van der Waals surface area (Å²) >= 11 is 0. The predicted molar refractivity (Wildman–Crippen MR) is 88.4 cm³/mol. The Hall–Kier alpha value is -1.82. The van der Waals surface area contributed by atoms with Crippen molar-refractivity contribution in [1.82, 2.24) is 10.2 Å². The maximum Gasteiger partial charge on any atom is 0.122 e. The fraction of sp³-hybridized carbons (Fsp3) is 0.444. The SMILES string of the molecule is Cc1ccc([C@H](CNCc2cccc(O)c2)N2CCOCC2)o1. The first-order valence-corrected chi connectivity index (χ1v) is 8.09. The first-order valence-electron chi connectivity index (χ1n) is 8.09. The molecule has 0 radical (unpaired) electrons. The van der Waals surface area contributed by atoms with Crippen LogP contribution in [0.4, 0.5) is 0 Å². The first kappa shape index (κ1) is 16.1. The van der Waals surface area contributed by atoms with Gasteiger partial charge in [0, 0.05) is 26.2 Å². The van der Waals surface area contributed by atoms with Crippen molar-refractivity contribution in [3.63, 3.8) is 0 Å². The number of aryl methyl sites for hydroxylation is 1. The number of hydrogen-bond acceptors (Lipinski definition) is 5. The van der Waals surface area contributed by atoms with Gasteiger partial charge in [-0.15, -0.1) is 0 Å². The summed E-state index contributed by atoms with van der Waals surface area (Å²) in [4.78, 5) is 2.40. The van der Waals surface area contributed by atoms with Crippen molar-refractivity contribution in [2.24, 2.45) is 0 Å². The molecule has 1 aliphatic rings. The van der Waals surface area contributed by atoms with Gasteiger partial charge in [-0.25, -0.2) is 0 Å². The molecule has 3 rings (SSSR count). The number of furan rings is 1. The highest BCUT2D eigenvalue weighted by Crippen LogP contribution is 2.23. The number of phenols is 1. The quantitative estimate of drug-likeness (QED) is 0.857. The molecule has 2 heterocycles. The van der Waals surface area contributed by atoms with E-state index in [0.29, 0.717) is 5.75 Å². The lowest BCUT2D eigenvalue weighted by Gasteiger charge is -2.33. The van der Waals surface area contributed by atoms with Crippen LogP contribution >= 0.6 is 0 Å². The van der Waals surface area contributed by atoms with Crippen molar-refractivity contribution in [2.75, 3.05) is 32.8 Å². The maximum absolute atomic E-state index is 9.54. The van der Waals surface area contributed by atoms with Crippen LogP contribution < -0.4 is 5.32 Å². The van der Waals surface area contributed by atoms with Gasteiger partial charge in [0.25, 0.3) is 0 Å². The Morgan fingerprint density at radius 2 is 2.04 bits per heavy atom. The molecule has 1 atom stereocenters. The second-order valence-electron chi connectivity index (χ2n) is 5.91. The summed E-state index contributed by atoms with van der Waals surface area (Å²) in [6.07, 6.45) is 0. The summed E-state index contributed by atoms with van der Waals surface area (Å²) in [5.41, 5.74) is 1.07. The molecule has 2 aromatic rings. The highest BCUT2D eigenvalue weighted by Gasteiger charge is 2.24. The number of aromatic hydroxyl groups is 1. The zero-order valence-corrected chi connectivity index (χ0v) is 13.5. The van der Waals surface area contributed by atoms with E-state index in [1.807, 2.05) is 25.1 Å². The molecule has 1 aliphatic heterocycles. The Kier molecular flexibility index (Phi) is 5.33. The molecule has 23 heavy (non-hydrogen) atoms. The molecule has 1 fully saturated rings. The molecule has 1 aromatic heterocycles. The van der Waals surface area contributed by atoms with Crippen molar-refractivity contribution in [2.45, 2.75) is 19.5 Å². The van der Waals surface area contributed by atoms with Crippen LogP contribution in [0.15, 0.2) is 40.8 Å². The van der Waals surface area contributed by atoms with Gasteiger partial charge in [0.2, 0.25) is 0 Å². The number of morpholine rings is 1. The number of benzene rings is 1. The monoisotopic (exact) mass is 316 g/mol. The van der Waals surface area contributed by atoms with E-state index in [1.165, 1.54) is 0 Å². The molecular formula is C18H24N2O3. The van der Waals surface area contributed by atoms with E-state index >= 15 is 0 Å². The number of rotatable bonds is 6. The van der Waals surface area contributed by atoms with Gasteiger partial charge in [0.15, 0.2) is 0 Å². The highest BCUT2D eigenvalue weighted by atomic mass is 16.5. The standard InChI is InChI=1S/C18H24N2O3/c1-14-5-6-18(23-14)17(20-7-9-22-10-8-20)13-19-12-15-3-2-4-16(21)11-15/h2-6,11,17,19,21H,7-10,12-13H2,1H3/t17-/m0/s1. The summed E-state index contributed by atoms with van der Waals surface area (Å²) in [5, 5.41) is 13.0. The molecule has 0 aliphatic carbocycles. The lowest BCUT2D eigenvalue weighted by molar-refractivity contribution is 0.0115. The minimum Gasteiger partial charge on any atom is -0.508 e.